The Bertz CT molecular complexity index is 1180. The van der Waals surface area contributed by atoms with Crippen LogP contribution in [0.1, 0.15) is 6.92 Å². The first-order chi connectivity index (χ1) is 13.8. The van der Waals surface area contributed by atoms with E-state index in [0.717, 1.165) is 5.56 Å². The normalized spacial score (nSPS) is 16.0. The molecule has 0 unspecified atom stereocenters. The van der Waals surface area contributed by atoms with Crippen LogP contribution in [-0.2, 0) is 14.6 Å². The smallest absolute Gasteiger partial charge is 0.222 e. The molecule has 1 saturated heterocycles. The van der Waals surface area contributed by atoms with E-state index in [1.54, 1.807) is 12.1 Å². The van der Waals surface area contributed by atoms with E-state index in [-0.39, 0.29) is 23.4 Å². The van der Waals surface area contributed by atoms with Crippen molar-refractivity contribution in [1.82, 2.24) is 15.0 Å². The second kappa shape index (κ2) is 7.28. The molecule has 1 fully saturated rings. The maximum atomic E-state index is 11.8. The number of sulfone groups is 1. The van der Waals surface area contributed by atoms with Gasteiger partial charge in [-0.2, -0.15) is 4.98 Å². The SMILES string of the molecule is CC(=O)Nc1ccc(-c2ccc3nc(N)nc(N4CCS(=O)(=O)CC4)c3n2)cc1. The predicted octanol–water partition coefficient (Wildman–Crippen LogP) is 1.47. The summed E-state index contributed by atoms with van der Waals surface area (Å²) in [6.07, 6.45) is 0. The Morgan fingerprint density at radius 3 is 2.38 bits per heavy atom. The van der Waals surface area contributed by atoms with Gasteiger partial charge in [0.2, 0.25) is 11.9 Å². The summed E-state index contributed by atoms with van der Waals surface area (Å²) in [7, 11) is -3.02. The van der Waals surface area contributed by atoms with Crippen LogP contribution in [0.2, 0.25) is 0 Å². The van der Waals surface area contributed by atoms with Crippen LogP contribution >= 0.6 is 0 Å². The highest BCUT2D eigenvalue weighted by atomic mass is 32.2. The maximum absolute atomic E-state index is 11.8. The molecule has 0 spiro atoms. The third-order valence-electron chi connectivity index (χ3n) is 4.69. The zero-order valence-electron chi connectivity index (χ0n) is 15.8. The Morgan fingerprint density at radius 2 is 1.72 bits per heavy atom. The van der Waals surface area contributed by atoms with Crippen LogP contribution in [0.25, 0.3) is 22.3 Å². The number of rotatable bonds is 3. The van der Waals surface area contributed by atoms with Crippen LogP contribution in [-0.4, -0.2) is 53.9 Å². The lowest BCUT2D eigenvalue weighted by Crippen LogP contribution is -2.41. The number of hydrogen-bond donors (Lipinski definition) is 2. The molecule has 1 amide bonds. The van der Waals surface area contributed by atoms with E-state index in [2.05, 4.69) is 15.3 Å². The number of nitrogen functional groups attached to an aromatic ring is 1. The highest BCUT2D eigenvalue weighted by Crippen LogP contribution is 2.28. The lowest BCUT2D eigenvalue weighted by atomic mass is 10.1. The molecule has 150 valence electrons. The van der Waals surface area contributed by atoms with Crippen molar-refractivity contribution in [2.24, 2.45) is 0 Å². The summed E-state index contributed by atoms with van der Waals surface area (Å²) >= 11 is 0. The second-order valence-corrected chi connectivity index (χ2v) is 9.17. The summed E-state index contributed by atoms with van der Waals surface area (Å²) in [5, 5.41) is 2.73. The minimum absolute atomic E-state index is 0.0721. The molecule has 0 saturated carbocycles. The quantitative estimate of drug-likeness (QED) is 0.661. The Hall–Kier alpha value is -3.27. The molecular formula is C19H20N6O3S. The maximum Gasteiger partial charge on any atom is 0.222 e. The van der Waals surface area contributed by atoms with Crippen molar-refractivity contribution < 1.29 is 13.2 Å². The van der Waals surface area contributed by atoms with E-state index < -0.39 is 9.84 Å². The first kappa shape index (κ1) is 19.1. The van der Waals surface area contributed by atoms with Crippen molar-refractivity contribution in [2.45, 2.75) is 6.92 Å². The van der Waals surface area contributed by atoms with E-state index in [1.165, 1.54) is 6.92 Å². The summed E-state index contributed by atoms with van der Waals surface area (Å²) in [6, 6.07) is 11.0. The number of nitrogens with one attached hydrogen (secondary N) is 1. The van der Waals surface area contributed by atoms with Crippen molar-refractivity contribution in [3.8, 4) is 11.3 Å². The van der Waals surface area contributed by atoms with Crippen LogP contribution < -0.4 is 16.0 Å². The molecule has 3 heterocycles. The molecule has 1 aromatic carbocycles. The van der Waals surface area contributed by atoms with Crippen LogP contribution in [0, 0.1) is 0 Å². The molecule has 3 aromatic rings. The first-order valence-electron chi connectivity index (χ1n) is 9.08. The van der Waals surface area contributed by atoms with E-state index >= 15 is 0 Å². The Balaban J connectivity index is 1.73. The lowest BCUT2D eigenvalue weighted by molar-refractivity contribution is -0.114. The molecule has 0 radical (unpaired) electrons. The summed E-state index contributed by atoms with van der Waals surface area (Å²) in [5.74, 6) is 0.671. The number of nitrogens with two attached hydrogens (primary N) is 1. The fraction of sp³-hybridized carbons (Fsp3) is 0.263. The molecule has 10 heteroatoms. The highest BCUT2D eigenvalue weighted by Gasteiger charge is 2.25. The van der Waals surface area contributed by atoms with Crippen molar-refractivity contribution in [3.05, 3.63) is 36.4 Å². The van der Waals surface area contributed by atoms with Crippen LogP contribution in [0.15, 0.2) is 36.4 Å². The van der Waals surface area contributed by atoms with E-state index in [1.807, 2.05) is 29.2 Å². The summed E-state index contributed by atoms with van der Waals surface area (Å²) in [5.41, 5.74) is 9.31. The van der Waals surface area contributed by atoms with Crippen LogP contribution in [0.4, 0.5) is 17.5 Å². The second-order valence-electron chi connectivity index (χ2n) is 6.87. The minimum atomic E-state index is -3.02. The van der Waals surface area contributed by atoms with E-state index in [0.29, 0.717) is 41.3 Å². The van der Waals surface area contributed by atoms with Gasteiger partial charge in [0.1, 0.15) is 5.52 Å². The van der Waals surface area contributed by atoms with Gasteiger partial charge in [0.25, 0.3) is 0 Å². The Labute approximate surface area is 167 Å². The third-order valence-corrected chi connectivity index (χ3v) is 6.30. The zero-order valence-corrected chi connectivity index (χ0v) is 16.6. The number of nitrogens with zero attached hydrogens (tertiary/aromatic N) is 4. The van der Waals surface area contributed by atoms with Gasteiger partial charge in [0.05, 0.1) is 22.7 Å². The standard InChI is InChI=1S/C19H20N6O3S/c1-12(26)21-14-4-2-13(3-5-14)15-6-7-16-17(22-15)18(24-19(20)23-16)25-8-10-29(27,28)11-9-25/h2-7H,8-11H2,1H3,(H,21,26)(H2,20,23,24). The van der Waals surface area contributed by atoms with Crippen LogP contribution in [0.3, 0.4) is 0 Å². The number of carbonyl (C=O) groups excluding carboxylic acids is 1. The number of anilines is 3. The van der Waals surface area contributed by atoms with E-state index in [9.17, 15) is 13.2 Å². The molecule has 1 aliphatic rings. The van der Waals surface area contributed by atoms with Gasteiger partial charge in [0.15, 0.2) is 15.7 Å². The monoisotopic (exact) mass is 412 g/mol. The summed E-state index contributed by atoms with van der Waals surface area (Å²) in [6.45, 7) is 2.13. The van der Waals surface area contributed by atoms with Gasteiger partial charge < -0.3 is 16.0 Å². The third kappa shape index (κ3) is 4.11. The van der Waals surface area contributed by atoms with Gasteiger partial charge in [-0.05, 0) is 24.3 Å². The predicted molar refractivity (Wildman–Crippen MR) is 112 cm³/mol. The Morgan fingerprint density at radius 1 is 1.03 bits per heavy atom. The summed E-state index contributed by atoms with van der Waals surface area (Å²) < 4.78 is 23.5. The largest absolute Gasteiger partial charge is 0.368 e. The number of amides is 1. The van der Waals surface area contributed by atoms with Gasteiger partial charge in [-0.15, -0.1) is 0 Å². The van der Waals surface area contributed by atoms with Gasteiger partial charge in [-0.1, -0.05) is 12.1 Å². The van der Waals surface area contributed by atoms with Gasteiger partial charge >= 0.3 is 0 Å². The number of benzene rings is 1. The van der Waals surface area contributed by atoms with E-state index in [4.69, 9.17) is 10.7 Å². The zero-order chi connectivity index (χ0) is 20.6. The lowest BCUT2D eigenvalue weighted by Gasteiger charge is -2.28. The molecule has 3 N–H and O–H groups in total. The molecule has 29 heavy (non-hydrogen) atoms. The molecule has 4 rings (SSSR count). The van der Waals surface area contributed by atoms with Gasteiger partial charge in [-0.25, -0.2) is 18.4 Å². The summed E-state index contributed by atoms with van der Waals surface area (Å²) in [4.78, 5) is 26.4. The van der Waals surface area contributed by atoms with Crippen molar-refractivity contribution in [3.63, 3.8) is 0 Å². The van der Waals surface area contributed by atoms with Crippen LogP contribution in [0.5, 0.6) is 0 Å². The van der Waals surface area contributed by atoms with Gasteiger partial charge in [0, 0.05) is 31.3 Å². The molecular weight excluding hydrogens is 392 g/mol. The van der Waals surface area contributed by atoms with Gasteiger partial charge in [-0.3, -0.25) is 4.79 Å². The van der Waals surface area contributed by atoms with Crippen molar-refractivity contribution >= 4 is 44.2 Å². The number of aromatic nitrogens is 3. The molecule has 0 aliphatic carbocycles. The topological polar surface area (TPSA) is 131 Å². The highest BCUT2D eigenvalue weighted by molar-refractivity contribution is 7.91. The fourth-order valence-electron chi connectivity index (χ4n) is 3.25. The van der Waals surface area contributed by atoms with Crippen molar-refractivity contribution in [2.75, 3.05) is 40.5 Å². The Kier molecular flexibility index (Phi) is 4.79. The molecule has 9 nitrogen and oxygen atoms in total. The average Bonchev–Trinajstić information content (AvgIpc) is 2.67. The number of fused-ring (bicyclic) bond motifs is 1. The molecule has 2 aromatic heterocycles. The fourth-order valence-corrected chi connectivity index (χ4v) is 4.45. The van der Waals surface area contributed by atoms with Crippen molar-refractivity contribution in [1.29, 1.82) is 0 Å². The average molecular weight is 412 g/mol. The number of pyridine rings is 1. The first-order valence-corrected chi connectivity index (χ1v) is 10.9. The number of hydrogen-bond acceptors (Lipinski definition) is 8. The molecule has 0 bridgehead atoms. The number of carbonyl (C=O) groups is 1. The molecule has 1 aliphatic heterocycles. The minimum Gasteiger partial charge on any atom is -0.368 e. The molecule has 0 atom stereocenters.